The summed E-state index contributed by atoms with van der Waals surface area (Å²) < 4.78 is 2.13. The lowest BCUT2D eigenvalue weighted by Crippen LogP contribution is -2.36. The van der Waals surface area contributed by atoms with Gasteiger partial charge in [0.1, 0.15) is 6.04 Å². The fraction of sp³-hybridized carbons (Fsp3) is 0.545. The van der Waals surface area contributed by atoms with Crippen LogP contribution in [0.2, 0.25) is 0 Å². The largest absolute Gasteiger partial charge is 0.349 e. The number of carbonyl (C=O) groups excluding carboxylic acids is 1. The number of benzene rings is 1. The van der Waals surface area contributed by atoms with Crippen molar-refractivity contribution in [3.05, 3.63) is 53.3 Å². The highest BCUT2D eigenvalue weighted by Crippen LogP contribution is 2.26. The van der Waals surface area contributed by atoms with Crippen LogP contribution >= 0.6 is 24.8 Å². The molecule has 1 aromatic heterocycles. The van der Waals surface area contributed by atoms with Gasteiger partial charge >= 0.3 is 0 Å². The van der Waals surface area contributed by atoms with Crippen molar-refractivity contribution in [2.75, 3.05) is 6.54 Å². The molecule has 166 valence electrons. The third-order valence-corrected chi connectivity index (χ3v) is 6.07. The zero-order valence-corrected chi connectivity index (χ0v) is 19.0. The Morgan fingerprint density at radius 3 is 2.57 bits per heavy atom. The maximum absolute atomic E-state index is 12.4. The third-order valence-electron chi connectivity index (χ3n) is 6.07. The zero-order valence-electron chi connectivity index (χ0n) is 17.3. The third kappa shape index (κ3) is 5.97. The highest BCUT2D eigenvalue weighted by molar-refractivity contribution is 5.85. The van der Waals surface area contributed by atoms with Crippen LogP contribution in [0.25, 0.3) is 0 Å². The van der Waals surface area contributed by atoms with E-state index in [1.54, 1.807) is 0 Å². The first-order valence-corrected chi connectivity index (χ1v) is 10.6. The maximum atomic E-state index is 12.4. The van der Waals surface area contributed by atoms with E-state index in [2.05, 4.69) is 21.0 Å². The van der Waals surface area contributed by atoms with Gasteiger partial charge in [-0.3, -0.25) is 14.4 Å². The fourth-order valence-corrected chi connectivity index (χ4v) is 4.49. The Kier molecular flexibility index (Phi) is 9.62. The number of fused-ring (bicyclic) bond motifs is 1. The van der Waals surface area contributed by atoms with Gasteiger partial charge in [0.05, 0.1) is 17.9 Å². The van der Waals surface area contributed by atoms with Crippen molar-refractivity contribution >= 4 is 30.7 Å². The summed E-state index contributed by atoms with van der Waals surface area (Å²) in [4.78, 5) is 15.0. The summed E-state index contributed by atoms with van der Waals surface area (Å²) in [6, 6.07) is 11.7. The van der Waals surface area contributed by atoms with Gasteiger partial charge in [-0.05, 0) is 30.9 Å². The Balaban J connectivity index is 0.00000160. The number of aryl methyl sites for hydroxylation is 1. The van der Waals surface area contributed by atoms with Crippen LogP contribution in [0.3, 0.4) is 0 Å². The van der Waals surface area contributed by atoms with Crippen molar-refractivity contribution in [3.63, 3.8) is 0 Å². The first-order chi connectivity index (χ1) is 13.7. The monoisotopic (exact) mass is 453 g/mol. The van der Waals surface area contributed by atoms with Crippen LogP contribution in [0.15, 0.2) is 36.4 Å². The molecule has 1 aliphatic carbocycles. The normalized spacial score (nSPS) is 18.3. The topological polar surface area (TPSA) is 76.2 Å². The van der Waals surface area contributed by atoms with Crippen molar-refractivity contribution in [2.24, 2.45) is 5.73 Å². The van der Waals surface area contributed by atoms with E-state index < -0.39 is 6.04 Å². The maximum Gasteiger partial charge on any atom is 0.241 e. The average Bonchev–Trinajstić information content (AvgIpc) is 3.02. The molecule has 0 spiro atoms. The van der Waals surface area contributed by atoms with Gasteiger partial charge < -0.3 is 11.1 Å². The molecule has 0 unspecified atom stereocenters. The first-order valence-electron chi connectivity index (χ1n) is 10.6. The SMILES string of the molecule is Cl.Cl.N[C@@H](C(=O)NCc1cc2n(n1)CCCN(C1CCCCC1)C2)c1ccccc1. The molecule has 2 aliphatic rings. The van der Waals surface area contributed by atoms with E-state index >= 15 is 0 Å². The molecule has 2 aromatic rings. The Morgan fingerprint density at radius 1 is 1.10 bits per heavy atom. The lowest BCUT2D eigenvalue weighted by Gasteiger charge is -2.33. The highest BCUT2D eigenvalue weighted by atomic mass is 35.5. The van der Waals surface area contributed by atoms with Gasteiger partial charge in [0.25, 0.3) is 0 Å². The Bertz CT molecular complexity index is 792. The molecular weight excluding hydrogens is 421 g/mol. The van der Waals surface area contributed by atoms with E-state index in [0.29, 0.717) is 6.54 Å². The van der Waals surface area contributed by atoms with E-state index in [4.69, 9.17) is 10.8 Å². The van der Waals surface area contributed by atoms with Crippen molar-refractivity contribution in [1.82, 2.24) is 20.0 Å². The van der Waals surface area contributed by atoms with Crippen LogP contribution in [0, 0.1) is 0 Å². The molecule has 1 atom stereocenters. The number of carbonyl (C=O) groups is 1. The van der Waals surface area contributed by atoms with Gasteiger partial charge in [-0.15, -0.1) is 24.8 Å². The fourth-order valence-electron chi connectivity index (χ4n) is 4.49. The molecule has 1 aliphatic heterocycles. The second-order valence-corrected chi connectivity index (χ2v) is 8.07. The molecular formula is C22H33Cl2N5O. The van der Waals surface area contributed by atoms with Gasteiger partial charge in [-0.25, -0.2) is 0 Å². The Morgan fingerprint density at radius 2 is 1.83 bits per heavy atom. The van der Waals surface area contributed by atoms with Gasteiger partial charge in [-0.2, -0.15) is 5.10 Å². The minimum Gasteiger partial charge on any atom is -0.349 e. The van der Waals surface area contributed by atoms with Gasteiger partial charge in [-0.1, -0.05) is 49.6 Å². The number of rotatable bonds is 5. The number of nitrogens with one attached hydrogen (secondary N) is 1. The summed E-state index contributed by atoms with van der Waals surface area (Å²) in [5, 5.41) is 7.67. The van der Waals surface area contributed by atoms with E-state index in [9.17, 15) is 4.79 Å². The van der Waals surface area contributed by atoms with Crippen LogP contribution in [0.5, 0.6) is 0 Å². The summed E-state index contributed by atoms with van der Waals surface area (Å²) in [5.74, 6) is -0.168. The quantitative estimate of drug-likeness (QED) is 0.724. The number of hydrogen-bond acceptors (Lipinski definition) is 4. The van der Waals surface area contributed by atoms with Crippen molar-refractivity contribution < 1.29 is 4.79 Å². The molecule has 3 N–H and O–H groups in total. The van der Waals surface area contributed by atoms with E-state index in [1.807, 2.05) is 30.3 Å². The van der Waals surface area contributed by atoms with E-state index in [0.717, 1.165) is 43.4 Å². The molecule has 8 heteroatoms. The van der Waals surface area contributed by atoms with Crippen molar-refractivity contribution in [3.8, 4) is 0 Å². The molecule has 4 rings (SSSR count). The molecule has 1 aromatic carbocycles. The first kappa shape index (κ1) is 24.7. The predicted octanol–water partition coefficient (Wildman–Crippen LogP) is 3.58. The minimum atomic E-state index is -0.650. The summed E-state index contributed by atoms with van der Waals surface area (Å²) >= 11 is 0. The summed E-state index contributed by atoms with van der Waals surface area (Å²) in [7, 11) is 0. The Hall–Kier alpha value is -1.60. The zero-order chi connectivity index (χ0) is 19.3. The number of aromatic nitrogens is 2. The molecule has 1 saturated carbocycles. The number of halogens is 2. The predicted molar refractivity (Wildman–Crippen MR) is 124 cm³/mol. The van der Waals surface area contributed by atoms with Crippen LogP contribution in [-0.4, -0.2) is 33.2 Å². The van der Waals surface area contributed by atoms with Crippen LogP contribution in [-0.2, 0) is 24.4 Å². The lowest BCUT2D eigenvalue weighted by atomic mass is 9.94. The number of nitrogens with two attached hydrogens (primary N) is 1. The highest BCUT2D eigenvalue weighted by Gasteiger charge is 2.25. The summed E-state index contributed by atoms with van der Waals surface area (Å²) in [6.07, 6.45) is 7.90. The van der Waals surface area contributed by atoms with E-state index in [1.165, 1.54) is 37.8 Å². The smallest absolute Gasteiger partial charge is 0.241 e. The molecule has 2 heterocycles. The number of amides is 1. The van der Waals surface area contributed by atoms with E-state index in [-0.39, 0.29) is 30.7 Å². The summed E-state index contributed by atoms with van der Waals surface area (Å²) in [6.45, 7) is 3.50. The van der Waals surface area contributed by atoms with Crippen molar-refractivity contribution in [2.45, 2.75) is 70.2 Å². The second kappa shape index (κ2) is 11.7. The number of nitrogens with zero attached hydrogens (tertiary/aromatic N) is 3. The number of hydrogen-bond donors (Lipinski definition) is 2. The molecule has 0 saturated heterocycles. The van der Waals surface area contributed by atoms with Gasteiger partial charge in [0.2, 0.25) is 5.91 Å². The average molecular weight is 454 g/mol. The standard InChI is InChI=1S/C22H31N5O.2ClH/c23-21(17-8-3-1-4-9-17)22(28)24-15-18-14-20-16-26(12-7-13-27(20)25-18)19-10-5-2-6-11-19;;/h1,3-4,8-9,14,19,21H,2,5-7,10-13,15-16,23H2,(H,24,28);2*1H/t21-;;/m1../s1. The molecule has 0 bridgehead atoms. The second-order valence-electron chi connectivity index (χ2n) is 8.07. The Labute approximate surface area is 191 Å². The molecule has 1 fully saturated rings. The molecule has 6 nitrogen and oxygen atoms in total. The molecule has 0 radical (unpaired) electrons. The van der Waals surface area contributed by atoms with Crippen molar-refractivity contribution in [1.29, 1.82) is 0 Å². The minimum absolute atomic E-state index is 0. The van der Waals surface area contributed by atoms with Gasteiger partial charge in [0, 0.05) is 25.7 Å². The van der Waals surface area contributed by atoms with Crippen LogP contribution < -0.4 is 11.1 Å². The van der Waals surface area contributed by atoms with Gasteiger partial charge in [0.15, 0.2) is 0 Å². The molecule has 1 amide bonds. The van der Waals surface area contributed by atoms with Crippen LogP contribution in [0.1, 0.15) is 61.5 Å². The summed E-state index contributed by atoms with van der Waals surface area (Å²) in [5.41, 5.74) is 9.07. The lowest BCUT2D eigenvalue weighted by molar-refractivity contribution is -0.122. The molecule has 30 heavy (non-hydrogen) atoms. The van der Waals surface area contributed by atoms with Crippen LogP contribution in [0.4, 0.5) is 0 Å².